The number of hydrogen-bond acceptors (Lipinski definition) is 3. The van der Waals surface area contributed by atoms with Gasteiger partial charge in [-0.2, -0.15) is 4.37 Å². The molecule has 1 aromatic heterocycles. The van der Waals surface area contributed by atoms with E-state index in [0.29, 0.717) is 0 Å². The fourth-order valence-corrected chi connectivity index (χ4v) is 0.905. The van der Waals surface area contributed by atoms with Gasteiger partial charge in [0.2, 0.25) is 4.47 Å². The average molecular weight is 153 g/mol. The van der Waals surface area contributed by atoms with Gasteiger partial charge in [0.05, 0.1) is 0 Å². The lowest BCUT2D eigenvalue weighted by atomic mass is 10.7. The molecule has 0 aliphatic carbocycles. The first-order chi connectivity index (χ1) is 3.83. The summed E-state index contributed by atoms with van der Waals surface area (Å²) in [6.07, 6.45) is 0. The Kier molecular flexibility index (Phi) is 1.75. The highest BCUT2D eigenvalue weighted by Crippen LogP contribution is 2.10. The van der Waals surface area contributed by atoms with Crippen LogP contribution in [-0.4, -0.2) is 9.36 Å². The van der Waals surface area contributed by atoms with Gasteiger partial charge in [-0.3, -0.25) is 0 Å². The van der Waals surface area contributed by atoms with E-state index >= 15 is 0 Å². The Morgan fingerprint density at radius 3 is 2.75 bits per heavy atom. The van der Waals surface area contributed by atoms with Crippen molar-refractivity contribution >= 4 is 23.1 Å². The summed E-state index contributed by atoms with van der Waals surface area (Å²) in [6, 6.07) is 0. The zero-order valence-electron chi connectivity index (χ0n) is 3.77. The maximum absolute atomic E-state index is 11.6. The fourth-order valence-electron chi connectivity index (χ4n) is 0.287. The van der Waals surface area contributed by atoms with Crippen LogP contribution in [0.5, 0.6) is 0 Å². The highest BCUT2D eigenvalue weighted by Gasteiger charge is 1.97. The Hall–Kier alpha value is -0.220. The van der Waals surface area contributed by atoms with E-state index in [0.717, 1.165) is 11.5 Å². The number of halogens is 2. The third-order valence-electron chi connectivity index (χ3n) is 0.563. The van der Waals surface area contributed by atoms with Crippen molar-refractivity contribution in [2.45, 2.75) is 6.67 Å². The SMILES string of the molecule is FCc1nsc(Cl)n1. The molecular weight excluding hydrogens is 151 g/mol. The molecule has 0 amide bonds. The summed E-state index contributed by atoms with van der Waals surface area (Å²) in [6.45, 7) is -0.636. The lowest BCUT2D eigenvalue weighted by Crippen LogP contribution is -1.77. The van der Waals surface area contributed by atoms with E-state index in [2.05, 4.69) is 9.36 Å². The summed E-state index contributed by atoms with van der Waals surface area (Å²) < 4.78 is 15.4. The predicted octanol–water partition coefficient (Wildman–Crippen LogP) is 1.66. The van der Waals surface area contributed by atoms with Crippen molar-refractivity contribution in [1.82, 2.24) is 9.36 Å². The molecule has 1 aromatic rings. The summed E-state index contributed by atoms with van der Waals surface area (Å²) in [5.41, 5.74) is 0. The molecule has 0 unspecified atom stereocenters. The molecule has 0 saturated heterocycles. The smallest absolute Gasteiger partial charge is 0.203 e. The molecule has 0 fully saturated rings. The monoisotopic (exact) mass is 152 g/mol. The molecule has 1 rings (SSSR count). The second-order valence-electron chi connectivity index (χ2n) is 1.10. The van der Waals surface area contributed by atoms with E-state index < -0.39 is 6.67 Å². The van der Waals surface area contributed by atoms with Crippen LogP contribution >= 0.6 is 23.1 Å². The highest BCUT2D eigenvalue weighted by atomic mass is 35.5. The van der Waals surface area contributed by atoms with Gasteiger partial charge in [0.15, 0.2) is 12.5 Å². The Morgan fingerprint density at radius 2 is 2.50 bits per heavy atom. The van der Waals surface area contributed by atoms with Crippen molar-refractivity contribution in [2.75, 3.05) is 0 Å². The van der Waals surface area contributed by atoms with Crippen molar-refractivity contribution in [3.63, 3.8) is 0 Å². The molecule has 5 heteroatoms. The molecular formula is C3H2ClFN2S. The zero-order chi connectivity index (χ0) is 5.98. The Bertz CT molecular complexity index is 178. The van der Waals surface area contributed by atoms with Crippen molar-refractivity contribution in [3.8, 4) is 0 Å². The van der Waals surface area contributed by atoms with Crippen LogP contribution in [0.15, 0.2) is 0 Å². The van der Waals surface area contributed by atoms with Crippen LogP contribution in [-0.2, 0) is 6.67 Å². The van der Waals surface area contributed by atoms with Crippen LogP contribution in [0.4, 0.5) is 4.39 Å². The van der Waals surface area contributed by atoms with Crippen LogP contribution in [0.1, 0.15) is 5.82 Å². The van der Waals surface area contributed by atoms with Gasteiger partial charge in [-0.05, 0) is 23.1 Å². The van der Waals surface area contributed by atoms with Crippen LogP contribution in [0, 0.1) is 0 Å². The Morgan fingerprint density at radius 1 is 1.75 bits per heavy atom. The number of hydrogen-bond donors (Lipinski definition) is 0. The minimum Gasteiger partial charge on any atom is -0.242 e. The van der Waals surface area contributed by atoms with Gasteiger partial charge in [0, 0.05) is 0 Å². The maximum Gasteiger partial charge on any atom is 0.203 e. The van der Waals surface area contributed by atoms with Crippen molar-refractivity contribution in [2.24, 2.45) is 0 Å². The highest BCUT2D eigenvalue weighted by molar-refractivity contribution is 7.10. The molecule has 0 bridgehead atoms. The molecule has 0 N–H and O–H groups in total. The summed E-state index contributed by atoms with van der Waals surface area (Å²) in [4.78, 5) is 3.53. The molecule has 2 nitrogen and oxygen atoms in total. The van der Waals surface area contributed by atoms with Gasteiger partial charge in [0.25, 0.3) is 0 Å². The summed E-state index contributed by atoms with van der Waals surface area (Å²) in [5, 5.41) is 0. The Labute approximate surface area is 54.5 Å². The zero-order valence-corrected chi connectivity index (χ0v) is 5.34. The van der Waals surface area contributed by atoms with Crippen LogP contribution in [0.3, 0.4) is 0 Å². The average Bonchev–Trinajstić information content (AvgIpc) is 2.14. The number of nitrogens with zero attached hydrogens (tertiary/aromatic N) is 2. The molecule has 0 saturated carbocycles. The van der Waals surface area contributed by atoms with Gasteiger partial charge >= 0.3 is 0 Å². The van der Waals surface area contributed by atoms with Gasteiger partial charge in [-0.15, -0.1) is 0 Å². The normalized spacial score (nSPS) is 9.75. The molecule has 0 aliphatic heterocycles. The van der Waals surface area contributed by atoms with Crippen LogP contribution in [0.25, 0.3) is 0 Å². The number of rotatable bonds is 1. The molecule has 0 aliphatic rings. The van der Waals surface area contributed by atoms with E-state index in [1.165, 1.54) is 0 Å². The maximum atomic E-state index is 11.6. The molecule has 44 valence electrons. The summed E-state index contributed by atoms with van der Waals surface area (Å²) in [5.74, 6) is 0.167. The van der Waals surface area contributed by atoms with Crippen molar-refractivity contribution < 1.29 is 4.39 Å². The van der Waals surface area contributed by atoms with E-state index in [1.807, 2.05) is 0 Å². The van der Waals surface area contributed by atoms with E-state index in [1.54, 1.807) is 0 Å². The Balaban J connectivity index is 2.84. The molecule has 0 atom stereocenters. The third kappa shape index (κ3) is 1.14. The van der Waals surface area contributed by atoms with Crippen molar-refractivity contribution in [3.05, 3.63) is 10.3 Å². The van der Waals surface area contributed by atoms with Gasteiger partial charge < -0.3 is 0 Å². The molecule has 1 heterocycles. The molecule has 0 radical (unpaired) electrons. The molecule has 0 spiro atoms. The van der Waals surface area contributed by atoms with E-state index in [9.17, 15) is 4.39 Å². The second-order valence-corrected chi connectivity index (χ2v) is 2.43. The third-order valence-corrected chi connectivity index (χ3v) is 1.40. The van der Waals surface area contributed by atoms with Gasteiger partial charge in [0.1, 0.15) is 0 Å². The predicted molar refractivity (Wildman–Crippen MR) is 29.7 cm³/mol. The van der Waals surface area contributed by atoms with Gasteiger partial charge in [-0.25, -0.2) is 9.37 Å². The minimum atomic E-state index is -0.636. The van der Waals surface area contributed by atoms with Crippen LogP contribution < -0.4 is 0 Å². The standard InChI is InChI=1S/C3H2ClFN2S/c4-3-6-2(1-5)7-8-3/h1H2. The largest absolute Gasteiger partial charge is 0.242 e. The first-order valence-electron chi connectivity index (χ1n) is 1.87. The fraction of sp³-hybridized carbons (Fsp3) is 0.333. The topological polar surface area (TPSA) is 25.8 Å². The summed E-state index contributed by atoms with van der Waals surface area (Å²) in [7, 11) is 0. The quantitative estimate of drug-likeness (QED) is 0.612. The van der Waals surface area contributed by atoms with E-state index in [4.69, 9.17) is 11.6 Å². The van der Waals surface area contributed by atoms with Crippen molar-refractivity contribution in [1.29, 1.82) is 0 Å². The second kappa shape index (κ2) is 2.37. The lowest BCUT2D eigenvalue weighted by molar-refractivity contribution is 0.469. The lowest BCUT2D eigenvalue weighted by Gasteiger charge is -1.73. The summed E-state index contributed by atoms with van der Waals surface area (Å²) >= 11 is 6.31. The number of aromatic nitrogens is 2. The first-order valence-corrected chi connectivity index (χ1v) is 3.02. The molecule has 8 heavy (non-hydrogen) atoms. The van der Waals surface area contributed by atoms with Gasteiger partial charge in [-0.1, -0.05) is 0 Å². The minimum absolute atomic E-state index is 0.167. The first kappa shape index (κ1) is 5.91. The number of alkyl halides is 1. The molecule has 0 aromatic carbocycles. The van der Waals surface area contributed by atoms with E-state index in [-0.39, 0.29) is 10.3 Å². The van der Waals surface area contributed by atoms with Crippen LogP contribution in [0.2, 0.25) is 4.47 Å².